The van der Waals surface area contributed by atoms with E-state index in [1.54, 1.807) is 18.3 Å². The van der Waals surface area contributed by atoms with Gasteiger partial charge in [-0.3, -0.25) is 0 Å². The smallest absolute Gasteiger partial charge is 0.241 e. The third kappa shape index (κ3) is 2.54. The summed E-state index contributed by atoms with van der Waals surface area (Å²) in [5, 5.41) is 1.000. The third-order valence-corrected chi connectivity index (χ3v) is 7.82. The molecule has 25 heavy (non-hydrogen) atoms. The molecule has 130 valence electrons. The maximum atomic E-state index is 13.3. The summed E-state index contributed by atoms with van der Waals surface area (Å²) < 4.78 is 29.2. The van der Waals surface area contributed by atoms with Gasteiger partial charge in [0.25, 0.3) is 10.0 Å². The van der Waals surface area contributed by atoms with Gasteiger partial charge in [-0.2, -0.15) is 0 Å². The van der Waals surface area contributed by atoms with E-state index in [0.717, 1.165) is 22.9 Å². The van der Waals surface area contributed by atoms with Crippen LogP contribution in [-0.2, 0) is 10.0 Å². The molecule has 0 radical (unpaired) electrons. The summed E-state index contributed by atoms with van der Waals surface area (Å²) in [5.41, 5.74) is 4.43. The molecule has 0 aliphatic heterocycles. The highest BCUT2D eigenvalue weighted by Gasteiger charge is 2.32. The van der Waals surface area contributed by atoms with Crippen molar-refractivity contribution in [3.8, 4) is 0 Å². The monoisotopic (exact) mass is 465 g/mol. The van der Waals surface area contributed by atoms with Gasteiger partial charge in [0.1, 0.15) is 0 Å². The lowest BCUT2D eigenvalue weighted by molar-refractivity contribution is 0.589. The molecular weight excluding hydrogens is 445 g/mol. The highest BCUT2D eigenvalue weighted by atomic mass is 127. The molecule has 0 saturated carbocycles. The summed E-state index contributed by atoms with van der Waals surface area (Å²) in [7, 11) is -3.60. The third-order valence-electron chi connectivity index (χ3n) is 5.24. The molecule has 0 N–H and O–H groups in total. The van der Waals surface area contributed by atoms with Crippen molar-refractivity contribution in [3.63, 3.8) is 0 Å². The Morgan fingerprint density at radius 2 is 1.68 bits per heavy atom. The number of hydrogen-bond donors (Lipinski definition) is 0. The summed E-state index contributed by atoms with van der Waals surface area (Å²) in [6.07, 6.45) is 2.77. The number of aromatic nitrogens is 1. The van der Waals surface area contributed by atoms with Gasteiger partial charge in [-0.05, 0) is 83.2 Å². The number of nitrogens with zero attached hydrogens (tertiary/aromatic N) is 1. The second-order valence-corrected chi connectivity index (χ2v) is 10.1. The van der Waals surface area contributed by atoms with Crippen LogP contribution in [0, 0.1) is 10.5 Å². The number of benzene rings is 2. The fourth-order valence-electron chi connectivity index (χ4n) is 4.08. The van der Waals surface area contributed by atoms with Gasteiger partial charge in [-0.1, -0.05) is 31.5 Å². The Bertz CT molecular complexity index is 1080. The first-order chi connectivity index (χ1) is 11.8. The maximum Gasteiger partial charge on any atom is 0.268 e. The first-order valence-corrected chi connectivity index (χ1v) is 11.0. The van der Waals surface area contributed by atoms with Crippen LogP contribution in [0.4, 0.5) is 0 Å². The minimum Gasteiger partial charge on any atom is -0.241 e. The predicted octanol–water partition coefficient (Wildman–Crippen LogP) is 5.40. The van der Waals surface area contributed by atoms with Crippen molar-refractivity contribution >= 4 is 43.5 Å². The topological polar surface area (TPSA) is 39.1 Å². The fraction of sp³-hybridized carbons (Fsp3) is 0.300. The molecule has 3 nitrogen and oxygen atoms in total. The second kappa shape index (κ2) is 5.84. The van der Waals surface area contributed by atoms with E-state index in [0.29, 0.717) is 16.7 Å². The minimum absolute atomic E-state index is 0.335. The van der Waals surface area contributed by atoms with Gasteiger partial charge in [-0.15, -0.1) is 0 Å². The van der Waals surface area contributed by atoms with Crippen LogP contribution < -0.4 is 0 Å². The Balaban J connectivity index is 2.03. The van der Waals surface area contributed by atoms with Crippen LogP contribution in [0.2, 0.25) is 0 Å². The SMILES string of the molecule is Cc1ccc(S(=O)(=O)n2ccc3cc(I)c4c(c32)[C@@H](C)C[C@H]4C)cc1. The zero-order chi connectivity index (χ0) is 17.9. The zero-order valence-electron chi connectivity index (χ0n) is 14.5. The van der Waals surface area contributed by atoms with Crippen LogP contribution in [0.5, 0.6) is 0 Å². The van der Waals surface area contributed by atoms with Gasteiger partial charge in [0, 0.05) is 15.2 Å². The molecule has 0 bridgehead atoms. The van der Waals surface area contributed by atoms with E-state index in [4.69, 9.17) is 0 Å². The van der Waals surface area contributed by atoms with Crippen molar-refractivity contribution in [1.29, 1.82) is 0 Å². The number of hydrogen-bond acceptors (Lipinski definition) is 2. The van der Waals surface area contributed by atoms with E-state index in [-0.39, 0.29) is 0 Å². The van der Waals surface area contributed by atoms with E-state index in [2.05, 4.69) is 42.5 Å². The first-order valence-electron chi connectivity index (χ1n) is 8.46. The van der Waals surface area contributed by atoms with Gasteiger partial charge in [0.2, 0.25) is 0 Å². The van der Waals surface area contributed by atoms with E-state index in [1.165, 1.54) is 18.7 Å². The molecule has 1 heterocycles. The van der Waals surface area contributed by atoms with Gasteiger partial charge in [0.05, 0.1) is 10.4 Å². The Morgan fingerprint density at radius 3 is 2.36 bits per heavy atom. The lowest BCUT2D eigenvalue weighted by Crippen LogP contribution is -2.13. The first kappa shape index (κ1) is 17.1. The molecule has 0 saturated heterocycles. The fourth-order valence-corrected chi connectivity index (χ4v) is 6.61. The summed E-state index contributed by atoms with van der Waals surface area (Å²) in [4.78, 5) is 0.335. The van der Waals surface area contributed by atoms with E-state index in [1.807, 2.05) is 25.1 Å². The molecule has 4 rings (SSSR count). The Labute approximate surface area is 162 Å². The lowest BCUT2D eigenvalue weighted by Gasteiger charge is -2.14. The Hall–Kier alpha value is -1.34. The number of rotatable bonds is 2. The molecule has 1 aromatic heterocycles. The summed E-state index contributed by atoms with van der Waals surface area (Å²) in [6, 6.07) is 11.1. The Kier molecular flexibility index (Phi) is 3.99. The van der Waals surface area contributed by atoms with Crippen molar-refractivity contribution in [3.05, 3.63) is 62.9 Å². The van der Waals surface area contributed by atoms with E-state index >= 15 is 0 Å². The van der Waals surface area contributed by atoms with Crippen molar-refractivity contribution in [2.45, 2.75) is 43.9 Å². The van der Waals surface area contributed by atoms with Crippen LogP contribution in [0.3, 0.4) is 0 Å². The number of fused-ring (bicyclic) bond motifs is 3. The van der Waals surface area contributed by atoms with Crippen LogP contribution in [0.25, 0.3) is 10.9 Å². The largest absolute Gasteiger partial charge is 0.268 e. The maximum absolute atomic E-state index is 13.3. The van der Waals surface area contributed by atoms with Crippen LogP contribution in [0.1, 0.15) is 48.8 Å². The molecule has 3 aromatic rings. The van der Waals surface area contributed by atoms with Crippen LogP contribution in [0.15, 0.2) is 47.5 Å². The molecular formula is C20H20INO2S. The summed E-state index contributed by atoms with van der Waals surface area (Å²) in [6.45, 7) is 6.39. The second-order valence-electron chi connectivity index (χ2n) is 7.09. The van der Waals surface area contributed by atoms with Crippen molar-refractivity contribution < 1.29 is 8.42 Å². The molecule has 0 spiro atoms. The zero-order valence-corrected chi connectivity index (χ0v) is 17.4. The normalized spacial score (nSPS) is 20.2. The minimum atomic E-state index is -3.60. The van der Waals surface area contributed by atoms with Gasteiger partial charge < -0.3 is 0 Å². The number of aryl methyl sites for hydroxylation is 1. The van der Waals surface area contributed by atoms with E-state index in [9.17, 15) is 8.42 Å². The van der Waals surface area contributed by atoms with Gasteiger partial charge in [0.15, 0.2) is 0 Å². The van der Waals surface area contributed by atoms with Crippen molar-refractivity contribution in [1.82, 2.24) is 3.97 Å². The average molecular weight is 465 g/mol. The summed E-state index contributed by atoms with van der Waals surface area (Å²) in [5.74, 6) is 0.829. The average Bonchev–Trinajstić information content (AvgIpc) is 3.09. The Morgan fingerprint density at radius 1 is 1.04 bits per heavy atom. The van der Waals surface area contributed by atoms with Crippen LogP contribution >= 0.6 is 22.6 Å². The predicted molar refractivity (Wildman–Crippen MR) is 110 cm³/mol. The molecule has 0 unspecified atom stereocenters. The molecule has 1 aliphatic rings. The van der Waals surface area contributed by atoms with Crippen molar-refractivity contribution in [2.24, 2.45) is 0 Å². The molecule has 2 aromatic carbocycles. The highest BCUT2D eigenvalue weighted by Crippen LogP contribution is 2.47. The molecule has 1 aliphatic carbocycles. The lowest BCUT2D eigenvalue weighted by atomic mass is 10.0. The standard InChI is InChI=1S/C20H20INO2S/c1-12-4-6-16(7-5-12)25(23,24)22-9-8-15-11-17(21)18-13(2)10-14(3)19(18)20(15)22/h4-9,11,13-14H,10H2,1-3H3/t13-,14+/m1/s1. The van der Waals surface area contributed by atoms with Crippen molar-refractivity contribution in [2.75, 3.05) is 0 Å². The number of halogens is 1. The van der Waals surface area contributed by atoms with Crippen LogP contribution in [-0.4, -0.2) is 12.4 Å². The van der Waals surface area contributed by atoms with E-state index < -0.39 is 10.0 Å². The van der Waals surface area contributed by atoms with Gasteiger partial charge in [-0.25, -0.2) is 12.4 Å². The quantitative estimate of drug-likeness (QED) is 0.476. The molecule has 5 heteroatoms. The van der Waals surface area contributed by atoms with Gasteiger partial charge >= 0.3 is 0 Å². The highest BCUT2D eigenvalue weighted by molar-refractivity contribution is 14.1. The summed E-state index contributed by atoms with van der Waals surface area (Å²) >= 11 is 2.39. The molecule has 2 atom stereocenters. The molecule has 0 amide bonds. The molecule has 0 fully saturated rings.